The van der Waals surface area contributed by atoms with Crippen LogP contribution in [0.5, 0.6) is 0 Å². The molecule has 0 atom stereocenters. The molecule has 0 saturated carbocycles. The van der Waals surface area contributed by atoms with Gasteiger partial charge < -0.3 is 5.32 Å². The molecular formula is C13H18N2O2. The van der Waals surface area contributed by atoms with Crippen molar-refractivity contribution in [1.82, 2.24) is 10.2 Å². The van der Waals surface area contributed by atoms with Crippen molar-refractivity contribution in [3.8, 4) is 0 Å². The molecule has 1 fully saturated rings. The number of hydrogen-bond acceptors (Lipinski definition) is 2. The highest BCUT2D eigenvalue weighted by atomic mass is 16.2. The third kappa shape index (κ3) is 3.90. The summed E-state index contributed by atoms with van der Waals surface area (Å²) < 4.78 is 0. The summed E-state index contributed by atoms with van der Waals surface area (Å²) in [6.45, 7) is 5.62. The molecule has 0 bridgehead atoms. The second kappa shape index (κ2) is 5.48. The van der Waals surface area contributed by atoms with Crippen molar-refractivity contribution < 1.29 is 9.59 Å². The highest BCUT2D eigenvalue weighted by Gasteiger charge is 2.36. The number of nitrogens with zero attached hydrogens (tertiary/aromatic N) is 1. The van der Waals surface area contributed by atoms with E-state index in [1.165, 1.54) is 4.90 Å². The third-order valence-electron chi connectivity index (χ3n) is 2.18. The maximum atomic E-state index is 11.1. The molecule has 0 radical (unpaired) electrons. The first kappa shape index (κ1) is 13.2. The van der Waals surface area contributed by atoms with Crippen LogP contribution >= 0.6 is 0 Å². The summed E-state index contributed by atoms with van der Waals surface area (Å²) in [6, 6.07) is 11.7. The topological polar surface area (TPSA) is 49.4 Å². The summed E-state index contributed by atoms with van der Waals surface area (Å²) in [5.74, 6) is -0.150. The fourth-order valence-corrected chi connectivity index (χ4v) is 1.49. The number of urea groups is 1. The van der Waals surface area contributed by atoms with Crippen LogP contribution in [-0.4, -0.2) is 28.9 Å². The molecule has 17 heavy (non-hydrogen) atoms. The lowest BCUT2D eigenvalue weighted by Crippen LogP contribution is -2.45. The van der Waals surface area contributed by atoms with Crippen molar-refractivity contribution in [3.63, 3.8) is 0 Å². The zero-order valence-corrected chi connectivity index (χ0v) is 10.4. The van der Waals surface area contributed by atoms with Crippen molar-refractivity contribution in [2.75, 3.05) is 6.54 Å². The van der Waals surface area contributed by atoms with Gasteiger partial charge in [-0.25, -0.2) is 4.79 Å². The molecule has 3 amide bonds. The average molecular weight is 234 g/mol. The van der Waals surface area contributed by atoms with E-state index in [4.69, 9.17) is 0 Å². The molecule has 1 aromatic rings. The minimum Gasteiger partial charge on any atom is -0.329 e. The molecule has 1 heterocycles. The van der Waals surface area contributed by atoms with Gasteiger partial charge in [0.2, 0.25) is 0 Å². The van der Waals surface area contributed by atoms with Crippen LogP contribution in [0.3, 0.4) is 0 Å². The van der Waals surface area contributed by atoms with Gasteiger partial charge >= 0.3 is 6.03 Å². The molecule has 4 heteroatoms. The minimum atomic E-state index is -0.405. The molecular weight excluding hydrogens is 216 g/mol. The van der Waals surface area contributed by atoms with Gasteiger partial charge in [0.15, 0.2) is 0 Å². The molecule has 0 aliphatic carbocycles. The second-order valence-electron chi connectivity index (χ2n) is 4.71. The summed E-state index contributed by atoms with van der Waals surface area (Å²) >= 11 is 0. The number of carbonyl (C=O) groups is 2. The smallest absolute Gasteiger partial charge is 0.325 e. The number of imide groups is 1. The van der Waals surface area contributed by atoms with Crippen LogP contribution in [0.15, 0.2) is 36.4 Å². The summed E-state index contributed by atoms with van der Waals surface area (Å²) in [5.41, 5.74) is -0.405. The molecule has 1 aromatic carbocycles. The van der Waals surface area contributed by atoms with Crippen molar-refractivity contribution in [2.45, 2.75) is 26.3 Å². The Morgan fingerprint density at radius 1 is 1.00 bits per heavy atom. The Hall–Kier alpha value is -1.84. The Kier molecular flexibility index (Phi) is 4.26. The van der Waals surface area contributed by atoms with Crippen molar-refractivity contribution in [1.29, 1.82) is 0 Å². The summed E-state index contributed by atoms with van der Waals surface area (Å²) in [7, 11) is 0. The van der Waals surface area contributed by atoms with Crippen LogP contribution in [0.1, 0.15) is 20.8 Å². The molecule has 1 aliphatic heterocycles. The predicted molar refractivity (Wildman–Crippen MR) is 66.4 cm³/mol. The van der Waals surface area contributed by atoms with Gasteiger partial charge in [0.05, 0.1) is 6.54 Å². The van der Waals surface area contributed by atoms with Gasteiger partial charge in [-0.3, -0.25) is 9.69 Å². The molecule has 1 aliphatic rings. The van der Waals surface area contributed by atoms with E-state index in [1.54, 1.807) is 0 Å². The van der Waals surface area contributed by atoms with E-state index in [0.29, 0.717) is 0 Å². The number of hydrogen-bond donors (Lipinski definition) is 1. The van der Waals surface area contributed by atoms with E-state index in [1.807, 2.05) is 57.2 Å². The van der Waals surface area contributed by atoms with Gasteiger partial charge in [-0.05, 0) is 20.8 Å². The number of carbonyl (C=O) groups excluding carboxylic acids is 2. The van der Waals surface area contributed by atoms with Gasteiger partial charge in [-0.15, -0.1) is 0 Å². The van der Waals surface area contributed by atoms with E-state index in [0.717, 1.165) is 0 Å². The number of amides is 3. The van der Waals surface area contributed by atoms with Crippen LogP contribution in [0.25, 0.3) is 0 Å². The summed E-state index contributed by atoms with van der Waals surface area (Å²) in [4.78, 5) is 23.3. The Morgan fingerprint density at radius 3 is 1.59 bits per heavy atom. The zero-order chi connectivity index (χ0) is 12.9. The Morgan fingerprint density at radius 2 is 1.41 bits per heavy atom. The lowest BCUT2D eigenvalue weighted by Gasteiger charge is -2.28. The molecule has 1 N–H and O–H groups in total. The zero-order valence-electron chi connectivity index (χ0n) is 10.4. The fraction of sp³-hybridized carbons (Fsp3) is 0.385. The Labute approximate surface area is 102 Å². The standard InChI is InChI=1S/C7H12N2O2.C6H6/c1-7(2,3)9-5(10)4-8-6(9)11;1-2-4-6-5-3-1/h4H2,1-3H3,(H,8,11);1-6H. The van der Waals surface area contributed by atoms with E-state index < -0.39 is 5.54 Å². The fourth-order valence-electron chi connectivity index (χ4n) is 1.49. The van der Waals surface area contributed by atoms with Gasteiger partial charge in [0.1, 0.15) is 0 Å². The molecule has 1 saturated heterocycles. The minimum absolute atomic E-state index is 0.135. The molecule has 0 unspecified atom stereocenters. The largest absolute Gasteiger partial charge is 0.329 e. The molecule has 0 spiro atoms. The summed E-state index contributed by atoms with van der Waals surface area (Å²) in [6.07, 6.45) is 0. The number of nitrogens with one attached hydrogen (secondary N) is 1. The van der Waals surface area contributed by atoms with E-state index >= 15 is 0 Å². The monoisotopic (exact) mass is 234 g/mol. The Balaban J connectivity index is 0.000000202. The quantitative estimate of drug-likeness (QED) is 0.698. The van der Waals surface area contributed by atoms with Crippen molar-refractivity contribution >= 4 is 11.9 Å². The van der Waals surface area contributed by atoms with E-state index in [-0.39, 0.29) is 18.5 Å². The van der Waals surface area contributed by atoms with Gasteiger partial charge in [-0.1, -0.05) is 36.4 Å². The molecule has 0 aromatic heterocycles. The van der Waals surface area contributed by atoms with Crippen LogP contribution in [0, 0.1) is 0 Å². The van der Waals surface area contributed by atoms with Gasteiger partial charge in [-0.2, -0.15) is 0 Å². The first-order valence-electron chi connectivity index (χ1n) is 5.54. The molecule has 92 valence electrons. The lowest BCUT2D eigenvalue weighted by atomic mass is 10.1. The molecule has 4 nitrogen and oxygen atoms in total. The van der Waals surface area contributed by atoms with Crippen LogP contribution < -0.4 is 5.32 Å². The van der Waals surface area contributed by atoms with Crippen LogP contribution in [0.4, 0.5) is 4.79 Å². The first-order chi connectivity index (χ1) is 7.93. The van der Waals surface area contributed by atoms with Crippen LogP contribution in [-0.2, 0) is 4.79 Å². The SMILES string of the molecule is CC(C)(C)N1C(=O)CNC1=O.c1ccccc1. The lowest BCUT2D eigenvalue weighted by molar-refractivity contribution is -0.128. The van der Waals surface area contributed by atoms with E-state index in [2.05, 4.69) is 5.32 Å². The number of rotatable bonds is 0. The maximum absolute atomic E-state index is 11.1. The Bertz CT molecular complexity index is 339. The van der Waals surface area contributed by atoms with E-state index in [9.17, 15) is 9.59 Å². The molecule has 2 rings (SSSR count). The normalized spacial score (nSPS) is 15.1. The van der Waals surface area contributed by atoms with Gasteiger partial charge in [0, 0.05) is 5.54 Å². The highest BCUT2D eigenvalue weighted by molar-refractivity contribution is 6.02. The van der Waals surface area contributed by atoms with Crippen molar-refractivity contribution in [2.24, 2.45) is 0 Å². The first-order valence-corrected chi connectivity index (χ1v) is 5.54. The van der Waals surface area contributed by atoms with Crippen molar-refractivity contribution in [3.05, 3.63) is 36.4 Å². The third-order valence-corrected chi connectivity index (χ3v) is 2.18. The van der Waals surface area contributed by atoms with Crippen LogP contribution in [0.2, 0.25) is 0 Å². The predicted octanol–water partition coefficient (Wildman–Crippen LogP) is 2.02. The second-order valence-corrected chi connectivity index (χ2v) is 4.71. The number of benzene rings is 1. The average Bonchev–Trinajstić information content (AvgIpc) is 2.61. The summed E-state index contributed by atoms with van der Waals surface area (Å²) in [5, 5.41) is 2.46. The highest BCUT2D eigenvalue weighted by Crippen LogP contribution is 2.15. The van der Waals surface area contributed by atoms with Gasteiger partial charge in [0.25, 0.3) is 5.91 Å². The maximum Gasteiger partial charge on any atom is 0.325 e.